The van der Waals surface area contributed by atoms with Crippen LogP contribution in [-0.2, 0) is 4.79 Å². The van der Waals surface area contributed by atoms with Crippen molar-refractivity contribution in [1.29, 1.82) is 0 Å². The number of nitrogens with zero attached hydrogens (tertiary/aromatic N) is 2. The number of hydrogen-bond donors (Lipinski definition) is 2. The summed E-state index contributed by atoms with van der Waals surface area (Å²) in [5, 5.41) is 10.6. The van der Waals surface area contributed by atoms with Gasteiger partial charge in [-0.3, -0.25) is 9.48 Å². The van der Waals surface area contributed by atoms with Gasteiger partial charge in [0.25, 0.3) is 0 Å². The van der Waals surface area contributed by atoms with E-state index in [1.54, 1.807) is 0 Å². The average Bonchev–Trinajstić information content (AvgIpc) is 2.51. The van der Waals surface area contributed by atoms with Crippen molar-refractivity contribution in [3.05, 3.63) is 17.0 Å². The molecule has 1 aliphatic heterocycles. The monoisotopic (exact) mass is 250 g/mol. The number of nitrogens with one attached hydrogen (secondary N) is 2. The highest BCUT2D eigenvalue weighted by molar-refractivity contribution is 5.79. The molecule has 0 aromatic carbocycles. The molecular formula is C13H22N4O. The first-order chi connectivity index (χ1) is 8.50. The van der Waals surface area contributed by atoms with Gasteiger partial charge in [-0.1, -0.05) is 0 Å². The van der Waals surface area contributed by atoms with E-state index in [1.165, 1.54) is 11.3 Å². The van der Waals surface area contributed by atoms with Gasteiger partial charge in [0.15, 0.2) is 0 Å². The second kappa shape index (κ2) is 5.10. The molecule has 1 amide bonds. The molecule has 0 aliphatic carbocycles. The predicted octanol–water partition coefficient (Wildman–Crippen LogP) is 0.705. The van der Waals surface area contributed by atoms with Crippen LogP contribution >= 0.6 is 0 Å². The molecular weight excluding hydrogens is 228 g/mol. The lowest BCUT2D eigenvalue weighted by Gasteiger charge is -2.26. The van der Waals surface area contributed by atoms with E-state index in [0.29, 0.717) is 6.54 Å². The summed E-state index contributed by atoms with van der Waals surface area (Å²) in [6.07, 6.45) is 0. The highest BCUT2D eigenvalue weighted by Crippen LogP contribution is 2.15. The fourth-order valence-corrected chi connectivity index (χ4v) is 2.13. The Morgan fingerprint density at radius 1 is 1.50 bits per heavy atom. The number of carbonyl (C=O) groups excluding carboxylic acids is 1. The molecule has 0 bridgehead atoms. The number of amides is 1. The van der Waals surface area contributed by atoms with E-state index < -0.39 is 0 Å². The van der Waals surface area contributed by atoms with Gasteiger partial charge in [0.1, 0.15) is 0 Å². The summed E-state index contributed by atoms with van der Waals surface area (Å²) in [7, 11) is 0. The fraction of sp³-hybridized carbons (Fsp3) is 0.692. The molecule has 0 spiro atoms. The Hall–Kier alpha value is -1.36. The number of carbonyl (C=O) groups is 1. The minimum atomic E-state index is 0.152. The van der Waals surface area contributed by atoms with Crippen LogP contribution in [0.4, 0.5) is 0 Å². The van der Waals surface area contributed by atoms with Crippen molar-refractivity contribution in [2.24, 2.45) is 5.92 Å². The summed E-state index contributed by atoms with van der Waals surface area (Å²) in [6, 6.07) is 0.189. The van der Waals surface area contributed by atoms with Crippen LogP contribution in [0.3, 0.4) is 0 Å². The topological polar surface area (TPSA) is 59.0 Å². The average molecular weight is 250 g/mol. The van der Waals surface area contributed by atoms with Gasteiger partial charge in [-0.25, -0.2) is 0 Å². The maximum absolute atomic E-state index is 11.7. The number of hydrogen-bond acceptors (Lipinski definition) is 3. The highest BCUT2D eigenvalue weighted by atomic mass is 16.2. The van der Waals surface area contributed by atoms with Crippen LogP contribution in [0.15, 0.2) is 0 Å². The van der Waals surface area contributed by atoms with Crippen LogP contribution in [0.25, 0.3) is 0 Å². The maximum atomic E-state index is 11.7. The van der Waals surface area contributed by atoms with E-state index in [4.69, 9.17) is 0 Å². The summed E-state index contributed by atoms with van der Waals surface area (Å²) < 4.78 is 2.00. The molecule has 5 heteroatoms. The van der Waals surface area contributed by atoms with Gasteiger partial charge in [0.2, 0.25) is 5.91 Å². The molecule has 2 heterocycles. The number of aryl methyl sites for hydroxylation is 1. The Morgan fingerprint density at radius 3 is 2.61 bits per heavy atom. The quantitative estimate of drug-likeness (QED) is 0.827. The fourth-order valence-electron chi connectivity index (χ4n) is 2.13. The molecule has 1 aromatic heterocycles. The smallest absolute Gasteiger partial charge is 0.225 e. The lowest BCUT2D eigenvalue weighted by molar-refractivity contribution is -0.126. The zero-order valence-electron chi connectivity index (χ0n) is 11.6. The molecule has 0 radical (unpaired) electrons. The molecule has 1 aliphatic rings. The molecule has 2 N–H and O–H groups in total. The molecule has 0 unspecified atom stereocenters. The summed E-state index contributed by atoms with van der Waals surface area (Å²) in [5.74, 6) is 0.304. The van der Waals surface area contributed by atoms with Crippen molar-refractivity contribution in [3.8, 4) is 0 Å². The van der Waals surface area contributed by atoms with E-state index in [2.05, 4.69) is 36.5 Å². The van der Waals surface area contributed by atoms with Crippen molar-refractivity contribution >= 4 is 5.91 Å². The Balaban J connectivity index is 1.92. The van der Waals surface area contributed by atoms with E-state index in [-0.39, 0.29) is 17.9 Å². The van der Waals surface area contributed by atoms with E-state index in [0.717, 1.165) is 18.8 Å². The van der Waals surface area contributed by atoms with Crippen LogP contribution in [-0.4, -0.2) is 35.3 Å². The third-order valence-corrected chi connectivity index (χ3v) is 3.83. The van der Waals surface area contributed by atoms with E-state index in [1.807, 2.05) is 11.6 Å². The number of aromatic nitrogens is 2. The SMILES string of the molecule is Cc1nn([C@H](C)CNC(=O)C2CNC2)c(C)c1C. The molecule has 0 saturated carbocycles. The third kappa shape index (κ3) is 2.41. The molecule has 1 saturated heterocycles. The van der Waals surface area contributed by atoms with Gasteiger partial charge < -0.3 is 10.6 Å². The van der Waals surface area contributed by atoms with Crippen LogP contribution in [0.1, 0.15) is 29.9 Å². The van der Waals surface area contributed by atoms with Crippen LogP contribution in [0, 0.1) is 26.7 Å². The zero-order chi connectivity index (χ0) is 13.3. The molecule has 1 aromatic rings. The third-order valence-electron chi connectivity index (χ3n) is 3.83. The second-order valence-electron chi connectivity index (χ2n) is 5.19. The Kier molecular flexibility index (Phi) is 3.71. The summed E-state index contributed by atoms with van der Waals surface area (Å²) in [4.78, 5) is 11.7. The highest BCUT2D eigenvalue weighted by Gasteiger charge is 2.25. The first kappa shape index (κ1) is 13.1. The molecule has 2 rings (SSSR count). The minimum absolute atomic E-state index is 0.152. The molecule has 1 atom stereocenters. The Labute approximate surface area is 108 Å². The predicted molar refractivity (Wildman–Crippen MR) is 70.5 cm³/mol. The van der Waals surface area contributed by atoms with Crippen LogP contribution in [0.2, 0.25) is 0 Å². The van der Waals surface area contributed by atoms with E-state index >= 15 is 0 Å². The minimum Gasteiger partial charge on any atom is -0.354 e. The van der Waals surface area contributed by atoms with Crippen molar-refractivity contribution < 1.29 is 4.79 Å². The van der Waals surface area contributed by atoms with Gasteiger partial charge in [0, 0.05) is 25.3 Å². The van der Waals surface area contributed by atoms with Gasteiger partial charge in [-0.15, -0.1) is 0 Å². The molecule has 18 heavy (non-hydrogen) atoms. The van der Waals surface area contributed by atoms with Crippen LogP contribution in [0.5, 0.6) is 0 Å². The standard InChI is InChI=1S/C13H22N4O/c1-8(5-15-13(18)12-6-14-7-12)17-11(4)9(2)10(3)16-17/h8,12,14H,5-7H2,1-4H3,(H,15,18)/t8-/m1/s1. The normalized spacial score (nSPS) is 17.3. The lowest BCUT2D eigenvalue weighted by atomic mass is 10.0. The molecule has 5 nitrogen and oxygen atoms in total. The second-order valence-corrected chi connectivity index (χ2v) is 5.19. The first-order valence-corrected chi connectivity index (χ1v) is 6.51. The first-order valence-electron chi connectivity index (χ1n) is 6.51. The Morgan fingerprint density at radius 2 is 2.17 bits per heavy atom. The Bertz CT molecular complexity index is 448. The summed E-state index contributed by atoms with van der Waals surface area (Å²) >= 11 is 0. The van der Waals surface area contributed by atoms with Crippen LogP contribution < -0.4 is 10.6 Å². The van der Waals surface area contributed by atoms with Gasteiger partial charge >= 0.3 is 0 Å². The summed E-state index contributed by atoms with van der Waals surface area (Å²) in [6.45, 7) is 10.5. The molecule has 1 fully saturated rings. The lowest BCUT2D eigenvalue weighted by Crippen LogP contribution is -2.51. The van der Waals surface area contributed by atoms with Gasteiger partial charge in [-0.05, 0) is 33.3 Å². The van der Waals surface area contributed by atoms with Crippen molar-refractivity contribution in [3.63, 3.8) is 0 Å². The summed E-state index contributed by atoms with van der Waals surface area (Å²) in [5.41, 5.74) is 3.48. The zero-order valence-corrected chi connectivity index (χ0v) is 11.6. The van der Waals surface area contributed by atoms with Crippen molar-refractivity contribution in [2.75, 3.05) is 19.6 Å². The van der Waals surface area contributed by atoms with Crippen molar-refractivity contribution in [1.82, 2.24) is 20.4 Å². The maximum Gasteiger partial charge on any atom is 0.225 e. The van der Waals surface area contributed by atoms with Gasteiger partial charge in [0.05, 0.1) is 17.7 Å². The van der Waals surface area contributed by atoms with Gasteiger partial charge in [-0.2, -0.15) is 5.10 Å². The number of rotatable bonds is 4. The largest absolute Gasteiger partial charge is 0.354 e. The van der Waals surface area contributed by atoms with E-state index in [9.17, 15) is 4.79 Å². The molecule has 100 valence electrons. The van der Waals surface area contributed by atoms with Crippen molar-refractivity contribution in [2.45, 2.75) is 33.7 Å².